The Labute approximate surface area is 130 Å². The Balaban J connectivity index is 1.71. The van der Waals surface area contributed by atoms with Crippen LogP contribution in [0.3, 0.4) is 0 Å². The zero-order chi connectivity index (χ0) is 15.8. The molecule has 0 saturated carbocycles. The minimum Gasteiger partial charge on any atom is -0.351 e. The number of likely N-dealkylation sites (N-methyl/N-ethyl adjacent to an activating group) is 1. The van der Waals surface area contributed by atoms with E-state index in [0.29, 0.717) is 25.1 Å². The highest BCUT2D eigenvalue weighted by Crippen LogP contribution is 2.07. The summed E-state index contributed by atoms with van der Waals surface area (Å²) in [5.41, 5.74) is 1.63. The van der Waals surface area contributed by atoms with Crippen molar-refractivity contribution in [1.29, 1.82) is 0 Å². The molecule has 0 atom stereocenters. The van der Waals surface area contributed by atoms with Crippen LogP contribution in [0.2, 0.25) is 0 Å². The molecule has 0 unspecified atom stereocenters. The molecule has 0 spiro atoms. The van der Waals surface area contributed by atoms with Crippen LogP contribution in [0.5, 0.6) is 0 Å². The smallest absolute Gasteiger partial charge is 0.234 e. The van der Waals surface area contributed by atoms with E-state index in [1.54, 1.807) is 24.5 Å². The molecule has 116 valence electrons. The lowest BCUT2D eigenvalue weighted by atomic mass is 10.1. The fraction of sp³-hybridized carbons (Fsp3) is 0.294. The minimum atomic E-state index is -0.197. The molecule has 2 aromatic rings. The third-order valence-electron chi connectivity index (χ3n) is 3.35. The van der Waals surface area contributed by atoms with Gasteiger partial charge in [-0.05, 0) is 36.7 Å². The molecule has 1 N–H and O–H groups in total. The Morgan fingerprint density at radius 2 is 2.09 bits per heavy atom. The third-order valence-corrected chi connectivity index (χ3v) is 3.35. The normalized spacial score (nSPS) is 10.7. The number of halogens is 1. The summed E-state index contributed by atoms with van der Waals surface area (Å²) in [5.74, 6) is -0.253. The summed E-state index contributed by atoms with van der Waals surface area (Å²) in [6, 6.07) is 10.5. The molecule has 0 fully saturated rings. The first-order valence-electron chi connectivity index (χ1n) is 7.22. The maximum Gasteiger partial charge on any atom is 0.234 e. The van der Waals surface area contributed by atoms with Gasteiger partial charge in [-0.15, -0.1) is 0 Å². The van der Waals surface area contributed by atoms with Crippen LogP contribution in [-0.2, 0) is 17.8 Å². The highest BCUT2D eigenvalue weighted by molar-refractivity contribution is 5.77. The summed E-state index contributed by atoms with van der Waals surface area (Å²) in [7, 11) is 1.85. The number of benzene rings is 1. The van der Waals surface area contributed by atoms with E-state index in [4.69, 9.17) is 0 Å². The molecule has 22 heavy (non-hydrogen) atoms. The van der Waals surface area contributed by atoms with Crippen LogP contribution in [0.1, 0.15) is 11.1 Å². The lowest BCUT2D eigenvalue weighted by Gasteiger charge is -2.16. The number of hydrogen-bond acceptors (Lipinski definition) is 3. The number of hydrogen-bond donors (Lipinski definition) is 1. The van der Waals surface area contributed by atoms with Gasteiger partial charge in [-0.25, -0.2) is 4.39 Å². The predicted molar refractivity (Wildman–Crippen MR) is 83.7 cm³/mol. The van der Waals surface area contributed by atoms with Crippen LogP contribution < -0.4 is 5.32 Å². The molecule has 0 radical (unpaired) electrons. The second-order valence-electron chi connectivity index (χ2n) is 5.22. The molecular formula is C17H20FN3O. The van der Waals surface area contributed by atoms with Gasteiger partial charge in [0.15, 0.2) is 0 Å². The first-order chi connectivity index (χ1) is 10.6. The van der Waals surface area contributed by atoms with Crippen molar-refractivity contribution in [2.75, 3.05) is 20.1 Å². The molecule has 0 aliphatic rings. The van der Waals surface area contributed by atoms with Crippen LogP contribution in [0.15, 0.2) is 48.8 Å². The fourth-order valence-corrected chi connectivity index (χ4v) is 2.10. The van der Waals surface area contributed by atoms with Gasteiger partial charge in [0, 0.05) is 25.5 Å². The van der Waals surface area contributed by atoms with Crippen LogP contribution in [-0.4, -0.2) is 35.9 Å². The van der Waals surface area contributed by atoms with Gasteiger partial charge in [0.2, 0.25) is 5.91 Å². The molecular weight excluding hydrogens is 281 g/mol. The maximum atomic E-state index is 13.5. The average Bonchev–Trinajstić information content (AvgIpc) is 2.53. The van der Waals surface area contributed by atoms with Gasteiger partial charge >= 0.3 is 0 Å². The summed E-state index contributed by atoms with van der Waals surface area (Å²) >= 11 is 0. The number of aromatic nitrogens is 1. The number of pyridine rings is 1. The Morgan fingerprint density at radius 3 is 2.82 bits per heavy atom. The van der Waals surface area contributed by atoms with E-state index in [2.05, 4.69) is 10.3 Å². The molecule has 1 heterocycles. The molecule has 1 aromatic carbocycles. The van der Waals surface area contributed by atoms with Crippen molar-refractivity contribution >= 4 is 5.91 Å². The molecule has 0 bridgehead atoms. The van der Waals surface area contributed by atoms with Crippen LogP contribution in [0, 0.1) is 5.82 Å². The first kappa shape index (κ1) is 16.1. The van der Waals surface area contributed by atoms with Crippen molar-refractivity contribution in [3.63, 3.8) is 0 Å². The van der Waals surface area contributed by atoms with E-state index in [1.165, 1.54) is 6.07 Å². The second kappa shape index (κ2) is 8.24. The van der Waals surface area contributed by atoms with Crippen molar-refractivity contribution in [2.45, 2.75) is 13.0 Å². The molecule has 1 amide bonds. The molecule has 0 aliphatic heterocycles. The number of carbonyl (C=O) groups excluding carboxylic acids is 1. The molecule has 0 saturated heterocycles. The van der Waals surface area contributed by atoms with Gasteiger partial charge in [0.25, 0.3) is 0 Å². The number of nitrogens with one attached hydrogen (secondary N) is 1. The minimum absolute atomic E-state index is 0.0557. The van der Waals surface area contributed by atoms with Crippen LogP contribution in [0.4, 0.5) is 4.39 Å². The Hall–Kier alpha value is -2.27. The van der Waals surface area contributed by atoms with Gasteiger partial charge in [-0.1, -0.05) is 24.3 Å². The zero-order valence-electron chi connectivity index (χ0n) is 12.6. The Morgan fingerprint density at radius 1 is 1.27 bits per heavy atom. The summed E-state index contributed by atoms with van der Waals surface area (Å²) in [4.78, 5) is 17.7. The van der Waals surface area contributed by atoms with E-state index in [0.717, 1.165) is 5.56 Å². The molecule has 1 aromatic heterocycles. The van der Waals surface area contributed by atoms with Crippen molar-refractivity contribution < 1.29 is 9.18 Å². The maximum absolute atomic E-state index is 13.5. The average molecular weight is 301 g/mol. The van der Waals surface area contributed by atoms with Gasteiger partial charge in [0.1, 0.15) is 5.82 Å². The predicted octanol–water partition coefficient (Wildman–Crippen LogP) is 2.01. The lowest BCUT2D eigenvalue weighted by molar-refractivity contribution is -0.122. The number of carbonyl (C=O) groups is 1. The van der Waals surface area contributed by atoms with Gasteiger partial charge < -0.3 is 5.32 Å². The Bertz CT molecular complexity index is 604. The van der Waals surface area contributed by atoms with Gasteiger partial charge in [-0.3, -0.25) is 14.7 Å². The number of amides is 1. The van der Waals surface area contributed by atoms with E-state index in [-0.39, 0.29) is 18.3 Å². The summed E-state index contributed by atoms with van der Waals surface area (Å²) in [5, 5.41) is 2.84. The fourth-order valence-electron chi connectivity index (χ4n) is 2.10. The second-order valence-corrected chi connectivity index (χ2v) is 5.22. The topological polar surface area (TPSA) is 45.2 Å². The summed E-state index contributed by atoms with van der Waals surface area (Å²) in [6.45, 7) is 1.38. The standard InChI is InChI=1S/C17H20FN3O/c1-21(10-8-15-6-2-3-7-16(15)18)13-17(22)20-12-14-5-4-9-19-11-14/h2-7,9,11H,8,10,12-13H2,1H3,(H,20,22). The van der Waals surface area contributed by atoms with Crippen LogP contribution >= 0.6 is 0 Å². The molecule has 4 nitrogen and oxygen atoms in total. The van der Waals surface area contributed by atoms with E-state index in [9.17, 15) is 9.18 Å². The summed E-state index contributed by atoms with van der Waals surface area (Å²) in [6.07, 6.45) is 4.00. The first-order valence-corrected chi connectivity index (χ1v) is 7.22. The molecule has 2 rings (SSSR count). The highest BCUT2D eigenvalue weighted by Gasteiger charge is 2.08. The van der Waals surface area contributed by atoms with Crippen molar-refractivity contribution in [3.05, 3.63) is 65.7 Å². The lowest BCUT2D eigenvalue weighted by Crippen LogP contribution is -2.35. The van der Waals surface area contributed by atoms with Crippen molar-refractivity contribution in [2.24, 2.45) is 0 Å². The van der Waals surface area contributed by atoms with Gasteiger partial charge in [-0.2, -0.15) is 0 Å². The van der Waals surface area contributed by atoms with Crippen molar-refractivity contribution in [1.82, 2.24) is 15.2 Å². The van der Waals surface area contributed by atoms with Crippen molar-refractivity contribution in [3.8, 4) is 0 Å². The molecule has 0 aliphatic carbocycles. The SMILES string of the molecule is CN(CCc1ccccc1F)CC(=O)NCc1cccnc1. The largest absolute Gasteiger partial charge is 0.351 e. The number of nitrogens with zero attached hydrogens (tertiary/aromatic N) is 2. The number of rotatable bonds is 7. The Kier molecular flexibility index (Phi) is 6.03. The molecule has 5 heteroatoms. The van der Waals surface area contributed by atoms with E-state index < -0.39 is 0 Å². The summed E-state index contributed by atoms with van der Waals surface area (Å²) < 4.78 is 13.5. The quantitative estimate of drug-likeness (QED) is 0.851. The highest BCUT2D eigenvalue weighted by atomic mass is 19.1. The van der Waals surface area contributed by atoms with Crippen LogP contribution in [0.25, 0.3) is 0 Å². The monoisotopic (exact) mass is 301 g/mol. The van der Waals surface area contributed by atoms with E-state index >= 15 is 0 Å². The third kappa shape index (κ3) is 5.26. The zero-order valence-corrected chi connectivity index (χ0v) is 12.6. The van der Waals surface area contributed by atoms with E-state index in [1.807, 2.05) is 30.1 Å². The van der Waals surface area contributed by atoms with Gasteiger partial charge in [0.05, 0.1) is 6.54 Å².